The number of nitrogens with zero attached hydrogens (tertiary/aromatic N) is 1. The third kappa shape index (κ3) is 3.08. The van der Waals surface area contributed by atoms with Gasteiger partial charge in [-0.15, -0.1) is 0 Å². The number of hydrogen-bond acceptors (Lipinski definition) is 1. The van der Waals surface area contributed by atoms with Crippen LogP contribution in [0.1, 0.15) is 29.2 Å². The van der Waals surface area contributed by atoms with Crippen LogP contribution in [0.25, 0.3) is 0 Å². The van der Waals surface area contributed by atoms with Gasteiger partial charge in [0.1, 0.15) is 5.84 Å². The first kappa shape index (κ1) is 14.3. The van der Waals surface area contributed by atoms with Crippen LogP contribution in [0, 0.1) is 27.7 Å². The fraction of sp³-hybridized carbons (Fsp3) is 0.278. The van der Waals surface area contributed by atoms with Crippen molar-refractivity contribution in [2.45, 2.75) is 34.6 Å². The summed E-state index contributed by atoms with van der Waals surface area (Å²) in [4.78, 5) is 4.74. The summed E-state index contributed by atoms with van der Waals surface area (Å²) >= 11 is 0. The van der Waals surface area contributed by atoms with E-state index in [1.165, 1.54) is 22.3 Å². The smallest absolute Gasteiger partial charge is 0.103 e. The van der Waals surface area contributed by atoms with Crippen LogP contribution in [0.4, 0.5) is 11.4 Å². The Kier molecular flexibility index (Phi) is 4.23. The highest BCUT2D eigenvalue weighted by atomic mass is 15.0. The second-order valence-electron chi connectivity index (χ2n) is 5.33. The van der Waals surface area contributed by atoms with Gasteiger partial charge in [-0.05, 0) is 56.9 Å². The molecule has 2 aromatic carbocycles. The highest BCUT2D eigenvalue weighted by molar-refractivity contribution is 5.96. The highest BCUT2D eigenvalue weighted by Gasteiger charge is 2.04. The number of anilines is 1. The standard InChI is InChI=1S/C18H22N2/c1-12-8-6-9-13(2)17(12)19-16(5)20-18-14(3)10-7-11-15(18)4/h6-11H,1-5H3,(H,19,20). The molecule has 2 nitrogen and oxygen atoms in total. The zero-order valence-corrected chi connectivity index (χ0v) is 12.9. The molecule has 0 aromatic heterocycles. The van der Waals surface area contributed by atoms with Crippen molar-refractivity contribution in [2.75, 3.05) is 5.32 Å². The SMILES string of the molecule is CC(=Nc1c(C)cccc1C)Nc1c(C)cccc1C. The van der Waals surface area contributed by atoms with E-state index in [9.17, 15) is 0 Å². The van der Waals surface area contributed by atoms with Gasteiger partial charge in [0.2, 0.25) is 0 Å². The lowest BCUT2D eigenvalue weighted by Gasteiger charge is -2.13. The average molecular weight is 266 g/mol. The molecule has 0 unspecified atom stereocenters. The largest absolute Gasteiger partial charge is 0.344 e. The summed E-state index contributed by atoms with van der Waals surface area (Å²) in [6.45, 7) is 10.4. The Bertz CT molecular complexity index is 614. The molecule has 0 aliphatic carbocycles. The number of aliphatic imine (C=N–C) groups is 1. The van der Waals surface area contributed by atoms with E-state index in [1.807, 2.05) is 6.92 Å². The van der Waals surface area contributed by atoms with E-state index in [4.69, 9.17) is 4.99 Å². The van der Waals surface area contributed by atoms with Gasteiger partial charge in [0, 0.05) is 5.69 Å². The minimum Gasteiger partial charge on any atom is -0.344 e. The summed E-state index contributed by atoms with van der Waals surface area (Å²) in [5.74, 6) is 0.916. The Labute approximate surface area is 121 Å². The van der Waals surface area contributed by atoms with Gasteiger partial charge in [-0.1, -0.05) is 36.4 Å². The molecule has 0 saturated carbocycles. The molecule has 20 heavy (non-hydrogen) atoms. The predicted molar refractivity (Wildman–Crippen MR) is 88.2 cm³/mol. The maximum absolute atomic E-state index is 4.74. The van der Waals surface area contributed by atoms with Crippen molar-refractivity contribution < 1.29 is 0 Å². The molecule has 0 heterocycles. The van der Waals surface area contributed by atoms with Gasteiger partial charge in [-0.25, -0.2) is 4.99 Å². The molecule has 2 heteroatoms. The Balaban J connectivity index is 2.33. The van der Waals surface area contributed by atoms with Gasteiger partial charge < -0.3 is 5.32 Å². The van der Waals surface area contributed by atoms with E-state index in [2.05, 4.69) is 69.4 Å². The summed E-state index contributed by atoms with van der Waals surface area (Å²) in [7, 11) is 0. The Morgan fingerprint density at radius 3 is 1.75 bits per heavy atom. The molecule has 0 radical (unpaired) electrons. The van der Waals surface area contributed by atoms with Gasteiger partial charge >= 0.3 is 0 Å². The van der Waals surface area contributed by atoms with Gasteiger partial charge in [0.25, 0.3) is 0 Å². The predicted octanol–water partition coefficient (Wildman–Crippen LogP) is 5.08. The van der Waals surface area contributed by atoms with Crippen LogP contribution in [0.3, 0.4) is 0 Å². The third-order valence-corrected chi connectivity index (χ3v) is 3.51. The van der Waals surface area contributed by atoms with Crippen LogP contribution in [0.15, 0.2) is 41.4 Å². The summed E-state index contributed by atoms with van der Waals surface area (Å²) in [6.07, 6.45) is 0. The molecule has 0 fully saturated rings. The van der Waals surface area contributed by atoms with Crippen molar-refractivity contribution in [3.63, 3.8) is 0 Å². The number of aryl methyl sites for hydroxylation is 4. The average Bonchev–Trinajstić information content (AvgIpc) is 2.39. The van der Waals surface area contributed by atoms with E-state index in [0.29, 0.717) is 0 Å². The second-order valence-corrected chi connectivity index (χ2v) is 5.33. The first-order valence-corrected chi connectivity index (χ1v) is 6.94. The van der Waals surface area contributed by atoms with E-state index < -0.39 is 0 Å². The lowest BCUT2D eigenvalue weighted by Crippen LogP contribution is -2.09. The maximum atomic E-state index is 4.74. The monoisotopic (exact) mass is 266 g/mol. The van der Waals surface area contributed by atoms with E-state index in [1.54, 1.807) is 0 Å². The molecule has 2 rings (SSSR count). The Hall–Kier alpha value is -2.09. The normalized spacial score (nSPS) is 11.6. The van der Waals surface area contributed by atoms with Crippen LogP contribution in [-0.2, 0) is 0 Å². The molecule has 0 atom stereocenters. The number of para-hydroxylation sites is 2. The fourth-order valence-electron chi connectivity index (χ4n) is 2.37. The van der Waals surface area contributed by atoms with E-state index in [0.717, 1.165) is 17.2 Å². The topological polar surface area (TPSA) is 24.4 Å². The van der Waals surface area contributed by atoms with Crippen molar-refractivity contribution in [3.05, 3.63) is 58.7 Å². The molecule has 0 saturated heterocycles. The van der Waals surface area contributed by atoms with Crippen molar-refractivity contribution in [1.29, 1.82) is 0 Å². The Morgan fingerprint density at radius 2 is 1.25 bits per heavy atom. The van der Waals surface area contributed by atoms with Gasteiger partial charge in [0.15, 0.2) is 0 Å². The first-order chi connectivity index (χ1) is 9.49. The fourth-order valence-corrected chi connectivity index (χ4v) is 2.37. The van der Waals surface area contributed by atoms with Crippen LogP contribution in [-0.4, -0.2) is 5.84 Å². The number of benzene rings is 2. The maximum Gasteiger partial charge on any atom is 0.103 e. The molecule has 0 aliphatic heterocycles. The zero-order chi connectivity index (χ0) is 14.7. The molecule has 1 N–H and O–H groups in total. The zero-order valence-electron chi connectivity index (χ0n) is 12.9. The minimum atomic E-state index is 0.916. The molecular weight excluding hydrogens is 244 g/mol. The number of rotatable bonds is 2. The molecule has 0 spiro atoms. The van der Waals surface area contributed by atoms with Crippen molar-refractivity contribution >= 4 is 17.2 Å². The van der Waals surface area contributed by atoms with Crippen molar-refractivity contribution in [1.82, 2.24) is 0 Å². The van der Waals surface area contributed by atoms with Gasteiger partial charge in [-0.3, -0.25) is 0 Å². The van der Waals surface area contributed by atoms with Crippen LogP contribution < -0.4 is 5.32 Å². The van der Waals surface area contributed by atoms with Crippen LogP contribution in [0.2, 0.25) is 0 Å². The number of hydrogen-bond donors (Lipinski definition) is 1. The van der Waals surface area contributed by atoms with Crippen LogP contribution >= 0.6 is 0 Å². The second kappa shape index (κ2) is 5.91. The first-order valence-electron chi connectivity index (χ1n) is 6.94. The van der Waals surface area contributed by atoms with Crippen molar-refractivity contribution in [2.24, 2.45) is 4.99 Å². The molecule has 0 aliphatic rings. The number of nitrogens with one attached hydrogen (secondary N) is 1. The molecule has 104 valence electrons. The lowest BCUT2D eigenvalue weighted by atomic mass is 10.1. The van der Waals surface area contributed by atoms with E-state index >= 15 is 0 Å². The quantitative estimate of drug-likeness (QED) is 0.594. The molecule has 2 aromatic rings. The van der Waals surface area contributed by atoms with E-state index in [-0.39, 0.29) is 0 Å². The number of amidine groups is 1. The molecule has 0 bridgehead atoms. The van der Waals surface area contributed by atoms with Gasteiger partial charge in [-0.2, -0.15) is 0 Å². The van der Waals surface area contributed by atoms with Gasteiger partial charge in [0.05, 0.1) is 5.69 Å². The molecule has 0 amide bonds. The summed E-state index contributed by atoms with van der Waals surface area (Å²) in [6, 6.07) is 12.6. The van der Waals surface area contributed by atoms with Crippen molar-refractivity contribution in [3.8, 4) is 0 Å². The summed E-state index contributed by atoms with van der Waals surface area (Å²) in [5.41, 5.74) is 7.09. The molecular formula is C18H22N2. The summed E-state index contributed by atoms with van der Waals surface area (Å²) in [5, 5.41) is 3.43. The summed E-state index contributed by atoms with van der Waals surface area (Å²) < 4.78 is 0. The third-order valence-electron chi connectivity index (χ3n) is 3.51. The van der Waals surface area contributed by atoms with Crippen LogP contribution in [0.5, 0.6) is 0 Å². The highest BCUT2D eigenvalue weighted by Crippen LogP contribution is 2.24. The lowest BCUT2D eigenvalue weighted by molar-refractivity contribution is 1.31. The Morgan fingerprint density at radius 1 is 0.800 bits per heavy atom. The minimum absolute atomic E-state index is 0.916.